The van der Waals surface area contributed by atoms with Gasteiger partial charge in [0.2, 0.25) is 5.91 Å². The predicted molar refractivity (Wildman–Crippen MR) is 133 cm³/mol. The number of carboxylic acid groups (broad SMARTS) is 1. The maximum atomic E-state index is 12.6. The van der Waals surface area contributed by atoms with E-state index in [0.29, 0.717) is 25.8 Å². The van der Waals surface area contributed by atoms with E-state index >= 15 is 0 Å². The van der Waals surface area contributed by atoms with Crippen molar-refractivity contribution in [3.05, 3.63) is 59.7 Å². The summed E-state index contributed by atoms with van der Waals surface area (Å²) in [5.74, 6) is -1.04. The fraction of sp³-hybridized carbons (Fsp3) is 0.464. The number of aliphatic carboxylic acids is 1. The fourth-order valence-electron chi connectivity index (χ4n) is 5.36. The molecule has 4 rings (SSSR count). The molecule has 7 nitrogen and oxygen atoms in total. The molecule has 0 aromatic heterocycles. The first kappa shape index (κ1) is 24.8. The molecule has 0 bridgehead atoms. The van der Waals surface area contributed by atoms with Crippen LogP contribution in [-0.2, 0) is 14.3 Å². The molecule has 3 N–H and O–H groups in total. The van der Waals surface area contributed by atoms with Crippen molar-refractivity contribution >= 4 is 18.0 Å². The van der Waals surface area contributed by atoms with E-state index in [1.165, 1.54) is 11.1 Å². The van der Waals surface area contributed by atoms with Gasteiger partial charge in [-0.25, -0.2) is 4.79 Å². The molecule has 0 spiro atoms. The summed E-state index contributed by atoms with van der Waals surface area (Å²) in [6, 6.07) is 16.0. The molecule has 2 aliphatic carbocycles. The number of fused-ring (bicyclic) bond motifs is 3. The molecule has 2 aromatic carbocycles. The van der Waals surface area contributed by atoms with Crippen LogP contribution in [0.1, 0.15) is 62.5 Å². The predicted octanol–water partition coefficient (Wildman–Crippen LogP) is 4.70. The van der Waals surface area contributed by atoms with Crippen LogP contribution < -0.4 is 10.6 Å². The van der Waals surface area contributed by atoms with Crippen molar-refractivity contribution in [2.24, 2.45) is 11.8 Å². The zero-order valence-corrected chi connectivity index (χ0v) is 20.2. The van der Waals surface area contributed by atoms with Crippen LogP contribution in [0.5, 0.6) is 0 Å². The molecule has 1 saturated carbocycles. The van der Waals surface area contributed by atoms with Crippen LogP contribution in [0.25, 0.3) is 11.1 Å². The molecule has 35 heavy (non-hydrogen) atoms. The van der Waals surface area contributed by atoms with Crippen LogP contribution in [0.3, 0.4) is 0 Å². The van der Waals surface area contributed by atoms with Gasteiger partial charge in [0, 0.05) is 24.9 Å². The number of hydrogen-bond acceptors (Lipinski definition) is 4. The summed E-state index contributed by atoms with van der Waals surface area (Å²) in [4.78, 5) is 36.3. The second-order valence-electron chi connectivity index (χ2n) is 9.65. The van der Waals surface area contributed by atoms with Gasteiger partial charge in [0.15, 0.2) is 0 Å². The second-order valence-corrected chi connectivity index (χ2v) is 9.65. The van der Waals surface area contributed by atoms with Crippen molar-refractivity contribution in [1.82, 2.24) is 10.6 Å². The Morgan fingerprint density at radius 2 is 1.69 bits per heavy atom. The molecular weight excluding hydrogens is 444 g/mol. The number of rotatable bonds is 9. The summed E-state index contributed by atoms with van der Waals surface area (Å²) in [7, 11) is 0. The maximum absolute atomic E-state index is 12.6. The lowest BCUT2D eigenvalue weighted by molar-refractivity contribution is -0.143. The lowest BCUT2D eigenvalue weighted by atomic mass is 9.81. The summed E-state index contributed by atoms with van der Waals surface area (Å²) in [6.45, 7) is 2.62. The third-order valence-corrected chi connectivity index (χ3v) is 7.31. The van der Waals surface area contributed by atoms with Gasteiger partial charge < -0.3 is 20.5 Å². The summed E-state index contributed by atoms with van der Waals surface area (Å²) in [5.41, 5.74) is 4.65. The van der Waals surface area contributed by atoms with Crippen LogP contribution in [0, 0.1) is 11.8 Å². The highest BCUT2D eigenvalue weighted by Gasteiger charge is 2.30. The van der Waals surface area contributed by atoms with Crippen LogP contribution in [0.15, 0.2) is 48.5 Å². The van der Waals surface area contributed by atoms with Gasteiger partial charge in [0.05, 0.1) is 5.92 Å². The first-order valence-corrected chi connectivity index (χ1v) is 12.6. The fourth-order valence-corrected chi connectivity index (χ4v) is 5.36. The van der Waals surface area contributed by atoms with Crippen molar-refractivity contribution in [2.45, 2.75) is 57.4 Å². The third-order valence-electron chi connectivity index (χ3n) is 7.31. The van der Waals surface area contributed by atoms with Gasteiger partial charge in [0.1, 0.15) is 6.61 Å². The molecule has 1 fully saturated rings. The number of carbonyl (C=O) groups excluding carboxylic acids is 2. The average Bonchev–Trinajstić information content (AvgIpc) is 3.19. The number of amides is 2. The lowest BCUT2D eigenvalue weighted by Gasteiger charge is -2.27. The lowest BCUT2D eigenvalue weighted by Crippen LogP contribution is -2.40. The number of hydrogen-bond donors (Lipinski definition) is 3. The van der Waals surface area contributed by atoms with Gasteiger partial charge in [0.25, 0.3) is 0 Å². The quantitative estimate of drug-likeness (QED) is 0.485. The van der Waals surface area contributed by atoms with E-state index in [2.05, 4.69) is 34.9 Å². The zero-order valence-electron chi connectivity index (χ0n) is 20.2. The molecule has 0 heterocycles. The largest absolute Gasteiger partial charge is 0.481 e. The standard InChI is InChI=1S/C28H34N2O5/c1-2-20(15-26(31)29-16-18-8-7-9-19(14-18)27(32)33)30-28(34)35-17-25-23-12-5-3-10-21(23)22-11-4-6-13-24(22)25/h3-6,10-13,18-20,25H,2,7-9,14-17H2,1H3,(H,29,31)(H,30,34)(H,32,33). The summed E-state index contributed by atoms with van der Waals surface area (Å²) in [5, 5.41) is 15.0. The third kappa shape index (κ3) is 6.02. The topological polar surface area (TPSA) is 105 Å². The van der Waals surface area contributed by atoms with Gasteiger partial charge in [-0.1, -0.05) is 61.9 Å². The highest BCUT2D eigenvalue weighted by atomic mass is 16.5. The number of nitrogens with one attached hydrogen (secondary N) is 2. The van der Waals surface area contributed by atoms with Gasteiger partial charge in [-0.05, 0) is 53.9 Å². The Kier molecular flexibility index (Phi) is 8.06. The van der Waals surface area contributed by atoms with Crippen molar-refractivity contribution in [1.29, 1.82) is 0 Å². The van der Waals surface area contributed by atoms with Gasteiger partial charge >= 0.3 is 12.1 Å². The van der Waals surface area contributed by atoms with Crippen molar-refractivity contribution in [3.8, 4) is 11.1 Å². The minimum atomic E-state index is -0.751. The normalized spacial score (nSPS) is 19.8. The number of carboxylic acids is 1. The van der Waals surface area contributed by atoms with Crippen LogP contribution in [0.4, 0.5) is 4.79 Å². The van der Waals surface area contributed by atoms with Gasteiger partial charge in [-0.3, -0.25) is 9.59 Å². The molecule has 0 aliphatic heterocycles. The molecule has 186 valence electrons. The highest BCUT2D eigenvalue weighted by molar-refractivity contribution is 5.79. The molecule has 3 unspecified atom stereocenters. The maximum Gasteiger partial charge on any atom is 0.407 e. The highest BCUT2D eigenvalue weighted by Crippen LogP contribution is 2.44. The van der Waals surface area contributed by atoms with E-state index in [0.717, 1.165) is 24.0 Å². The van der Waals surface area contributed by atoms with Gasteiger partial charge in [-0.2, -0.15) is 0 Å². The smallest absolute Gasteiger partial charge is 0.407 e. The second kappa shape index (κ2) is 11.4. The Balaban J connectivity index is 1.25. The molecule has 0 saturated heterocycles. The van der Waals surface area contributed by atoms with E-state index in [1.54, 1.807) is 0 Å². The van der Waals surface area contributed by atoms with E-state index in [1.807, 2.05) is 31.2 Å². The van der Waals surface area contributed by atoms with Crippen molar-refractivity contribution < 1.29 is 24.2 Å². The SMILES string of the molecule is CCC(CC(=O)NCC1CCCC(C(=O)O)C1)NC(=O)OCC1c2ccccc2-c2ccccc21. The number of alkyl carbamates (subject to hydrolysis) is 1. The average molecular weight is 479 g/mol. The Labute approximate surface area is 206 Å². The van der Waals surface area contributed by atoms with E-state index in [-0.39, 0.29) is 42.7 Å². The Hall–Kier alpha value is -3.35. The molecular formula is C28H34N2O5. The van der Waals surface area contributed by atoms with Crippen LogP contribution in [-0.4, -0.2) is 42.3 Å². The van der Waals surface area contributed by atoms with Crippen LogP contribution >= 0.6 is 0 Å². The zero-order chi connectivity index (χ0) is 24.8. The van der Waals surface area contributed by atoms with E-state index in [4.69, 9.17) is 4.74 Å². The molecule has 0 radical (unpaired) electrons. The van der Waals surface area contributed by atoms with Crippen molar-refractivity contribution in [2.75, 3.05) is 13.2 Å². The minimum absolute atomic E-state index is 0.0124. The first-order valence-electron chi connectivity index (χ1n) is 12.6. The number of ether oxygens (including phenoxy) is 1. The molecule has 2 aromatic rings. The summed E-state index contributed by atoms with van der Waals surface area (Å²) >= 11 is 0. The Bertz CT molecular complexity index is 1020. The minimum Gasteiger partial charge on any atom is -0.481 e. The van der Waals surface area contributed by atoms with E-state index in [9.17, 15) is 19.5 Å². The number of benzene rings is 2. The summed E-state index contributed by atoms with van der Waals surface area (Å²) in [6.07, 6.45) is 3.35. The molecule has 3 atom stereocenters. The summed E-state index contributed by atoms with van der Waals surface area (Å²) < 4.78 is 5.61. The molecule has 2 amide bonds. The molecule has 2 aliphatic rings. The van der Waals surface area contributed by atoms with E-state index < -0.39 is 12.1 Å². The Morgan fingerprint density at radius 3 is 2.31 bits per heavy atom. The Morgan fingerprint density at radius 1 is 1.03 bits per heavy atom. The molecule has 7 heteroatoms. The first-order chi connectivity index (χ1) is 17.0. The van der Waals surface area contributed by atoms with Crippen molar-refractivity contribution in [3.63, 3.8) is 0 Å². The monoisotopic (exact) mass is 478 g/mol. The van der Waals surface area contributed by atoms with Crippen LogP contribution in [0.2, 0.25) is 0 Å². The van der Waals surface area contributed by atoms with Gasteiger partial charge in [-0.15, -0.1) is 0 Å². The number of carbonyl (C=O) groups is 3.